The quantitative estimate of drug-likeness (QED) is 0.651. The number of aldehydes is 1. The second-order valence-corrected chi connectivity index (χ2v) is 2.76. The molecule has 4 heteroatoms. The number of hydrogen-bond acceptors (Lipinski definition) is 3. The molecule has 0 aliphatic heterocycles. The summed E-state index contributed by atoms with van der Waals surface area (Å²) in [5.41, 5.74) is 1.81. The van der Waals surface area contributed by atoms with Crippen molar-refractivity contribution in [2.75, 3.05) is 0 Å². The van der Waals surface area contributed by atoms with E-state index in [1.807, 2.05) is 13.2 Å². The average Bonchev–Trinajstić information content (AvgIpc) is 2.71. The zero-order valence-electron chi connectivity index (χ0n) is 7.10. The van der Waals surface area contributed by atoms with Crippen LogP contribution in [0.5, 0.6) is 0 Å². The summed E-state index contributed by atoms with van der Waals surface area (Å²) in [4.78, 5) is 10.3. The molecule has 0 amide bonds. The van der Waals surface area contributed by atoms with Gasteiger partial charge in [-0.3, -0.25) is 9.48 Å². The third-order valence-corrected chi connectivity index (χ3v) is 1.77. The molecular weight excluding hydrogens is 168 g/mol. The molecule has 0 N–H and O–H groups in total. The van der Waals surface area contributed by atoms with Crippen LogP contribution in [-0.2, 0) is 7.05 Å². The zero-order chi connectivity index (χ0) is 9.26. The van der Waals surface area contributed by atoms with Crippen molar-refractivity contribution in [1.82, 2.24) is 9.78 Å². The fourth-order valence-electron chi connectivity index (χ4n) is 1.14. The van der Waals surface area contributed by atoms with Crippen LogP contribution in [0.3, 0.4) is 0 Å². The summed E-state index contributed by atoms with van der Waals surface area (Å²) in [5.74, 6) is 0.332. The Kier molecular flexibility index (Phi) is 1.73. The third kappa shape index (κ3) is 1.38. The molecule has 2 rings (SSSR count). The summed E-state index contributed by atoms with van der Waals surface area (Å²) in [5, 5.41) is 4.01. The summed E-state index contributed by atoms with van der Waals surface area (Å²) in [7, 11) is 1.84. The van der Waals surface area contributed by atoms with Crippen LogP contribution in [0, 0.1) is 0 Å². The van der Waals surface area contributed by atoms with E-state index in [-0.39, 0.29) is 0 Å². The first kappa shape index (κ1) is 7.79. The van der Waals surface area contributed by atoms with Crippen molar-refractivity contribution >= 4 is 6.29 Å². The van der Waals surface area contributed by atoms with Gasteiger partial charge in [0, 0.05) is 24.4 Å². The Hall–Kier alpha value is -1.84. The Morgan fingerprint density at radius 3 is 2.92 bits per heavy atom. The van der Waals surface area contributed by atoms with Gasteiger partial charge in [-0.1, -0.05) is 0 Å². The first-order valence-electron chi connectivity index (χ1n) is 3.82. The molecular formula is C9H8N2O2. The minimum Gasteiger partial charge on any atom is -0.461 e. The maximum absolute atomic E-state index is 10.3. The van der Waals surface area contributed by atoms with E-state index in [1.54, 1.807) is 23.2 Å². The average molecular weight is 176 g/mol. The van der Waals surface area contributed by atoms with Crippen LogP contribution >= 0.6 is 0 Å². The van der Waals surface area contributed by atoms with Crippen LogP contribution in [0.2, 0.25) is 0 Å². The lowest BCUT2D eigenvalue weighted by molar-refractivity contribution is 0.110. The molecule has 0 fully saturated rings. The van der Waals surface area contributed by atoms with Gasteiger partial charge in [0.05, 0.1) is 12.5 Å². The Labute approximate surface area is 74.8 Å². The first-order valence-corrected chi connectivity index (χ1v) is 3.82. The van der Waals surface area contributed by atoms with Gasteiger partial charge in [0.2, 0.25) is 0 Å². The molecule has 4 nitrogen and oxygen atoms in total. The number of aryl methyl sites for hydroxylation is 1. The van der Waals surface area contributed by atoms with Gasteiger partial charge < -0.3 is 4.42 Å². The summed E-state index contributed by atoms with van der Waals surface area (Å²) in [6.45, 7) is 0. The number of aromatic nitrogens is 2. The SMILES string of the molecule is Cn1cc(-c2coc(C=O)c2)cn1. The molecule has 0 saturated carbocycles. The van der Waals surface area contributed by atoms with Gasteiger partial charge in [0.1, 0.15) is 0 Å². The van der Waals surface area contributed by atoms with Crippen LogP contribution < -0.4 is 0 Å². The lowest BCUT2D eigenvalue weighted by Gasteiger charge is -1.85. The maximum Gasteiger partial charge on any atom is 0.185 e. The van der Waals surface area contributed by atoms with Crippen LogP contribution in [-0.4, -0.2) is 16.1 Å². The van der Waals surface area contributed by atoms with Gasteiger partial charge in [-0.25, -0.2) is 0 Å². The number of rotatable bonds is 2. The normalized spacial score (nSPS) is 10.2. The standard InChI is InChI=1S/C9H8N2O2/c1-11-4-8(3-10-11)7-2-9(5-12)13-6-7/h2-6H,1H3. The van der Waals surface area contributed by atoms with E-state index in [9.17, 15) is 4.79 Å². The number of carbonyl (C=O) groups is 1. The molecule has 0 aromatic carbocycles. The summed E-state index contributed by atoms with van der Waals surface area (Å²) >= 11 is 0. The highest BCUT2D eigenvalue weighted by Gasteiger charge is 2.04. The molecule has 0 saturated heterocycles. The van der Waals surface area contributed by atoms with Gasteiger partial charge in [-0.15, -0.1) is 0 Å². The van der Waals surface area contributed by atoms with Crippen LogP contribution in [0.25, 0.3) is 11.1 Å². The van der Waals surface area contributed by atoms with Crippen LogP contribution in [0.4, 0.5) is 0 Å². The first-order chi connectivity index (χ1) is 6.29. The zero-order valence-corrected chi connectivity index (χ0v) is 7.10. The van der Waals surface area contributed by atoms with Crippen molar-refractivity contribution in [2.24, 2.45) is 7.05 Å². The molecule has 0 spiro atoms. The summed E-state index contributed by atoms with van der Waals surface area (Å²) < 4.78 is 6.67. The van der Waals surface area contributed by atoms with E-state index < -0.39 is 0 Å². The lowest BCUT2D eigenvalue weighted by Crippen LogP contribution is -1.83. The van der Waals surface area contributed by atoms with Crippen molar-refractivity contribution in [3.8, 4) is 11.1 Å². The summed E-state index contributed by atoms with van der Waals surface area (Å²) in [6, 6.07) is 1.68. The van der Waals surface area contributed by atoms with Crippen molar-refractivity contribution in [2.45, 2.75) is 0 Å². The van der Waals surface area contributed by atoms with E-state index in [0.29, 0.717) is 12.0 Å². The second kappa shape index (κ2) is 2.90. The highest BCUT2D eigenvalue weighted by molar-refractivity contribution is 5.75. The lowest BCUT2D eigenvalue weighted by atomic mass is 10.2. The third-order valence-electron chi connectivity index (χ3n) is 1.77. The molecule has 13 heavy (non-hydrogen) atoms. The number of hydrogen-bond donors (Lipinski definition) is 0. The Balaban J connectivity index is 2.40. The van der Waals surface area contributed by atoms with Crippen molar-refractivity contribution in [3.63, 3.8) is 0 Å². The van der Waals surface area contributed by atoms with E-state index in [1.165, 1.54) is 0 Å². The van der Waals surface area contributed by atoms with Gasteiger partial charge >= 0.3 is 0 Å². The van der Waals surface area contributed by atoms with Gasteiger partial charge in [0.15, 0.2) is 12.0 Å². The minimum absolute atomic E-state index is 0.332. The Bertz CT molecular complexity index is 428. The summed E-state index contributed by atoms with van der Waals surface area (Å²) in [6.07, 6.45) is 5.81. The van der Waals surface area contributed by atoms with E-state index >= 15 is 0 Å². The smallest absolute Gasteiger partial charge is 0.185 e. The van der Waals surface area contributed by atoms with Crippen LogP contribution in [0.1, 0.15) is 10.6 Å². The van der Waals surface area contributed by atoms with E-state index in [4.69, 9.17) is 4.42 Å². The van der Waals surface area contributed by atoms with Gasteiger partial charge in [0.25, 0.3) is 0 Å². The Morgan fingerprint density at radius 2 is 2.38 bits per heavy atom. The fourth-order valence-corrected chi connectivity index (χ4v) is 1.14. The molecule has 0 unspecified atom stereocenters. The molecule has 0 bridgehead atoms. The van der Waals surface area contributed by atoms with Crippen LogP contribution in [0.15, 0.2) is 29.1 Å². The molecule has 0 radical (unpaired) electrons. The molecule has 0 aliphatic carbocycles. The molecule has 0 atom stereocenters. The minimum atomic E-state index is 0.332. The predicted molar refractivity (Wildman–Crippen MR) is 46.3 cm³/mol. The molecule has 2 aromatic heterocycles. The van der Waals surface area contributed by atoms with Crippen molar-refractivity contribution < 1.29 is 9.21 Å². The second-order valence-electron chi connectivity index (χ2n) is 2.76. The van der Waals surface area contributed by atoms with E-state index in [0.717, 1.165) is 11.1 Å². The van der Waals surface area contributed by atoms with Crippen molar-refractivity contribution in [3.05, 3.63) is 30.5 Å². The fraction of sp³-hybridized carbons (Fsp3) is 0.111. The highest BCUT2D eigenvalue weighted by atomic mass is 16.3. The topological polar surface area (TPSA) is 48.0 Å². The number of carbonyl (C=O) groups excluding carboxylic acids is 1. The number of nitrogens with zero attached hydrogens (tertiary/aromatic N) is 2. The number of furan rings is 1. The Morgan fingerprint density at radius 1 is 1.54 bits per heavy atom. The largest absolute Gasteiger partial charge is 0.461 e. The predicted octanol–water partition coefficient (Wildman–Crippen LogP) is 1.49. The monoisotopic (exact) mass is 176 g/mol. The van der Waals surface area contributed by atoms with E-state index in [2.05, 4.69) is 5.10 Å². The molecule has 66 valence electrons. The molecule has 0 aliphatic rings. The highest BCUT2D eigenvalue weighted by Crippen LogP contribution is 2.20. The maximum atomic E-state index is 10.3. The van der Waals surface area contributed by atoms with Crippen molar-refractivity contribution in [1.29, 1.82) is 0 Å². The van der Waals surface area contributed by atoms with Gasteiger partial charge in [-0.2, -0.15) is 5.10 Å². The molecule has 2 heterocycles. The van der Waals surface area contributed by atoms with Gasteiger partial charge in [-0.05, 0) is 6.07 Å². The molecule has 2 aromatic rings.